The summed E-state index contributed by atoms with van der Waals surface area (Å²) in [7, 11) is 0. The summed E-state index contributed by atoms with van der Waals surface area (Å²) in [5.41, 5.74) is 15.6. The summed E-state index contributed by atoms with van der Waals surface area (Å²) in [6.07, 6.45) is -0.491. The molecule has 13 aromatic rings. The molecule has 0 radical (unpaired) electrons. The van der Waals surface area contributed by atoms with E-state index in [4.69, 9.17) is 9.98 Å². The smallest absolute Gasteiger partial charge is 0.211 e. The van der Waals surface area contributed by atoms with Crippen LogP contribution in [0.5, 0.6) is 0 Å². The molecule has 6 nitrogen and oxygen atoms in total. The van der Waals surface area contributed by atoms with Crippen LogP contribution in [0.4, 0.5) is 0 Å². The van der Waals surface area contributed by atoms with Crippen LogP contribution < -0.4 is 5.32 Å². The van der Waals surface area contributed by atoms with Crippen molar-refractivity contribution in [3.05, 3.63) is 254 Å². The van der Waals surface area contributed by atoms with E-state index in [1.54, 1.807) is 0 Å². The van der Waals surface area contributed by atoms with Crippen molar-refractivity contribution < 1.29 is 0 Å². The first-order valence-corrected chi connectivity index (χ1v) is 23.5. The van der Waals surface area contributed by atoms with Crippen LogP contribution in [0.2, 0.25) is 0 Å². The molecule has 1 N–H and O–H groups in total. The fourth-order valence-corrected chi connectivity index (χ4v) is 11.0. The summed E-state index contributed by atoms with van der Waals surface area (Å²) >= 11 is 0. The Bertz CT molecular complexity index is 4160. The highest BCUT2D eigenvalue weighted by molar-refractivity contribution is 6.22. The molecule has 4 heterocycles. The van der Waals surface area contributed by atoms with Crippen LogP contribution in [0.1, 0.15) is 17.3 Å². The minimum atomic E-state index is -0.491. The number of amidine groups is 1. The van der Waals surface area contributed by atoms with Gasteiger partial charge in [-0.15, -0.1) is 0 Å². The number of hydrogen-bond donors (Lipinski definition) is 1. The lowest BCUT2D eigenvalue weighted by molar-refractivity contribution is 0.658. The number of aromatic nitrogens is 3. The molecule has 69 heavy (non-hydrogen) atoms. The number of hydrogen-bond acceptors (Lipinski definition) is 3. The Labute approximate surface area is 398 Å². The highest BCUT2D eigenvalue weighted by Gasteiger charge is 2.28. The van der Waals surface area contributed by atoms with E-state index in [1.165, 1.54) is 60.0 Å². The largest absolute Gasteiger partial charge is 0.330 e. The van der Waals surface area contributed by atoms with Crippen LogP contribution in [-0.4, -0.2) is 25.5 Å². The van der Waals surface area contributed by atoms with Crippen LogP contribution >= 0.6 is 0 Å². The molecule has 0 saturated carbocycles. The van der Waals surface area contributed by atoms with Crippen molar-refractivity contribution in [2.45, 2.75) is 6.17 Å². The van der Waals surface area contributed by atoms with E-state index in [2.05, 4.69) is 262 Å². The zero-order chi connectivity index (χ0) is 45.4. The maximum absolute atomic E-state index is 5.52. The van der Waals surface area contributed by atoms with Crippen molar-refractivity contribution in [3.63, 3.8) is 0 Å². The Balaban J connectivity index is 0.973. The summed E-state index contributed by atoms with van der Waals surface area (Å²) in [6.45, 7) is 0. The second-order valence-corrected chi connectivity index (χ2v) is 17.7. The Morgan fingerprint density at radius 2 is 0.783 bits per heavy atom. The van der Waals surface area contributed by atoms with Crippen molar-refractivity contribution in [1.82, 2.24) is 19.0 Å². The number of fused-ring (bicyclic) bond motifs is 9. The van der Waals surface area contributed by atoms with Gasteiger partial charge in [0.1, 0.15) is 0 Å². The van der Waals surface area contributed by atoms with Gasteiger partial charge >= 0.3 is 0 Å². The van der Waals surface area contributed by atoms with E-state index in [1.807, 2.05) is 0 Å². The molecular weight excluding hydrogens is 841 g/mol. The first kappa shape index (κ1) is 39.0. The minimum absolute atomic E-state index is 0.491. The van der Waals surface area contributed by atoms with Crippen molar-refractivity contribution >= 4 is 77.2 Å². The lowest BCUT2D eigenvalue weighted by atomic mass is 9.95. The molecule has 0 bridgehead atoms. The van der Waals surface area contributed by atoms with Crippen molar-refractivity contribution in [3.8, 4) is 33.6 Å². The maximum Gasteiger partial charge on any atom is 0.211 e. The lowest BCUT2D eigenvalue weighted by Crippen LogP contribution is -2.37. The summed E-state index contributed by atoms with van der Waals surface area (Å²) in [4.78, 5) is 10.9. The van der Waals surface area contributed by atoms with E-state index in [0.29, 0.717) is 5.84 Å². The minimum Gasteiger partial charge on any atom is -0.330 e. The molecular formula is C63H42N6. The number of aliphatic imine (C=N–C) groups is 2. The van der Waals surface area contributed by atoms with Crippen molar-refractivity contribution in [2.24, 2.45) is 9.98 Å². The van der Waals surface area contributed by atoms with E-state index in [9.17, 15) is 0 Å². The molecule has 0 amide bonds. The first-order valence-electron chi connectivity index (χ1n) is 23.5. The quantitative estimate of drug-likeness (QED) is 0.178. The molecule has 0 fully saturated rings. The second-order valence-electron chi connectivity index (χ2n) is 17.7. The zero-order valence-corrected chi connectivity index (χ0v) is 37.4. The van der Waals surface area contributed by atoms with Gasteiger partial charge in [0.15, 0.2) is 12.0 Å². The molecule has 14 rings (SSSR count). The Morgan fingerprint density at radius 1 is 0.333 bits per heavy atom. The van der Waals surface area contributed by atoms with Crippen LogP contribution in [0.15, 0.2) is 253 Å². The van der Waals surface area contributed by atoms with Crippen LogP contribution in [-0.2, 0) is 0 Å². The number of rotatable bonds is 6. The highest BCUT2D eigenvalue weighted by Crippen LogP contribution is 2.45. The van der Waals surface area contributed by atoms with E-state index < -0.39 is 6.17 Å². The first-order chi connectivity index (χ1) is 34.3. The van der Waals surface area contributed by atoms with Gasteiger partial charge in [-0.05, 0) is 76.9 Å². The van der Waals surface area contributed by atoms with Crippen LogP contribution in [0.3, 0.4) is 0 Å². The normalized spacial score (nSPS) is 13.9. The monoisotopic (exact) mass is 882 g/mol. The van der Waals surface area contributed by atoms with Crippen molar-refractivity contribution in [2.75, 3.05) is 0 Å². The van der Waals surface area contributed by atoms with Gasteiger partial charge in [0.05, 0.1) is 38.8 Å². The predicted octanol–water partition coefficient (Wildman–Crippen LogP) is 15.3. The Hall–Kier alpha value is -9.26. The molecule has 0 aliphatic carbocycles. The third-order valence-electron chi connectivity index (χ3n) is 13.9. The van der Waals surface area contributed by atoms with Gasteiger partial charge in [-0.2, -0.15) is 4.99 Å². The highest BCUT2D eigenvalue weighted by atomic mass is 15.3. The fourth-order valence-electron chi connectivity index (χ4n) is 11.0. The Kier molecular flexibility index (Phi) is 8.86. The summed E-state index contributed by atoms with van der Waals surface area (Å²) < 4.78 is 7.10. The third kappa shape index (κ3) is 6.12. The number of nitrogens with one attached hydrogen (secondary N) is 1. The van der Waals surface area contributed by atoms with Gasteiger partial charge < -0.3 is 14.5 Å². The molecule has 1 atom stereocenters. The van der Waals surface area contributed by atoms with Gasteiger partial charge in [0, 0.05) is 49.1 Å². The molecule has 10 aromatic carbocycles. The molecule has 1 aliphatic heterocycles. The van der Waals surface area contributed by atoms with Crippen molar-refractivity contribution in [1.29, 1.82) is 0 Å². The molecule has 0 spiro atoms. The standard InChI is InChI=1S/C63H42N6/c1-3-19-41(20-4-1)42-37-39-43(40-38-42)61-64-62(66-63(65-61)69-52-30-12-7-23-45(52)46-24-8-13-31-53(46)69)51-27-11-16-34-56(51)68-55-33-15-10-26-50(55)60-48(29-18-36-58(60)68)47-28-17-35-57-59(47)49-25-9-14-32-54(49)67(57)44-21-5-2-6-22-44/h1-40,62H,(H,64,65,66). The molecule has 6 heteroatoms. The SMILES string of the molecule is c1ccc(-c2ccc(C3=NC(c4ccccc4-n4c5ccccc5c5c(-c6cccc7c6c6ccccc6n7-c6ccccc6)cccc54)NC(n4c5ccccc5c5ccccc54)=N3)cc2)cc1. The maximum atomic E-state index is 5.52. The molecule has 0 saturated heterocycles. The average Bonchev–Trinajstić information content (AvgIpc) is 4.07. The predicted molar refractivity (Wildman–Crippen MR) is 287 cm³/mol. The van der Waals surface area contributed by atoms with Crippen LogP contribution in [0, 0.1) is 0 Å². The van der Waals surface area contributed by atoms with E-state index in [-0.39, 0.29) is 0 Å². The lowest BCUT2D eigenvalue weighted by Gasteiger charge is -2.26. The van der Waals surface area contributed by atoms with Gasteiger partial charge in [-0.1, -0.05) is 188 Å². The van der Waals surface area contributed by atoms with Gasteiger partial charge in [0.2, 0.25) is 5.96 Å². The second kappa shape index (κ2) is 15.7. The zero-order valence-electron chi connectivity index (χ0n) is 37.4. The van der Waals surface area contributed by atoms with E-state index in [0.717, 1.165) is 56.1 Å². The van der Waals surface area contributed by atoms with Gasteiger partial charge in [-0.3, -0.25) is 4.57 Å². The van der Waals surface area contributed by atoms with E-state index >= 15 is 0 Å². The number of benzene rings is 10. The summed E-state index contributed by atoms with van der Waals surface area (Å²) in [5.74, 6) is 1.38. The topological polar surface area (TPSA) is 51.5 Å². The summed E-state index contributed by atoms with van der Waals surface area (Å²) in [5, 5.41) is 11.1. The third-order valence-corrected chi connectivity index (χ3v) is 13.9. The van der Waals surface area contributed by atoms with Gasteiger partial charge in [0.25, 0.3) is 0 Å². The Morgan fingerprint density at radius 3 is 1.41 bits per heavy atom. The molecule has 1 aliphatic rings. The number of nitrogens with zero attached hydrogens (tertiary/aromatic N) is 5. The fraction of sp³-hybridized carbons (Fsp3) is 0.0159. The average molecular weight is 883 g/mol. The number of para-hydroxylation sites is 6. The van der Waals surface area contributed by atoms with Crippen LogP contribution in [0.25, 0.3) is 99.0 Å². The summed E-state index contributed by atoms with van der Waals surface area (Å²) in [6, 6.07) is 86.9. The van der Waals surface area contributed by atoms with Gasteiger partial charge in [-0.25, -0.2) is 4.99 Å². The molecule has 1 unspecified atom stereocenters. The molecule has 3 aromatic heterocycles. The molecule has 324 valence electrons.